The van der Waals surface area contributed by atoms with Gasteiger partial charge in [-0.25, -0.2) is 9.98 Å². The summed E-state index contributed by atoms with van der Waals surface area (Å²) >= 11 is 0. The molecular formula is C55H37N3O. The van der Waals surface area contributed by atoms with E-state index in [4.69, 9.17) is 14.4 Å². The second kappa shape index (κ2) is 13.3. The lowest BCUT2D eigenvalue weighted by atomic mass is 9.92. The van der Waals surface area contributed by atoms with Crippen LogP contribution in [0.25, 0.3) is 88.5 Å². The van der Waals surface area contributed by atoms with Crippen molar-refractivity contribution in [2.24, 2.45) is 9.98 Å². The third kappa shape index (κ3) is 5.16. The van der Waals surface area contributed by atoms with Gasteiger partial charge in [0.2, 0.25) is 0 Å². The minimum Gasteiger partial charge on any atom is -0.455 e. The highest BCUT2D eigenvalue weighted by Crippen LogP contribution is 2.55. The third-order valence-electron chi connectivity index (χ3n) is 12.2. The van der Waals surface area contributed by atoms with Crippen LogP contribution in [-0.4, -0.2) is 16.1 Å². The summed E-state index contributed by atoms with van der Waals surface area (Å²) in [6.07, 6.45) is 1.64. The molecule has 2 aromatic heterocycles. The van der Waals surface area contributed by atoms with Gasteiger partial charge >= 0.3 is 0 Å². The van der Waals surface area contributed by atoms with Crippen LogP contribution in [0.15, 0.2) is 202 Å². The van der Waals surface area contributed by atoms with E-state index in [2.05, 4.69) is 187 Å². The Labute approximate surface area is 341 Å². The van der Waals surface area contributed by atoms with E-state index in [9.17, 15) is 0 Å². The molecule has 1 aliphatic carbocycles. The summed E-state index contributed by atoms with van der Waals surface area (Å²) in [5.41, 5.74) is 16.7. The van der Waals surface area contributed by atoms with E-state index in [1.807, 2.05) is 6.07 Å². The number of benzene rings is 8. The van der Waals surface area contributed by atoms with Crippen molar-refractivity contribution >= 4 is 60.8 Å². The monoisotopic (exact) mass is 755 g/mol. The van der Waals surface area contributed by atoms with E-state index in [-0.39, 0.29) is 0 Å². The van der Waals surface area contributed by atoms with Crippen molar-refractivity contribution in [3.05, 3.63) is 204 Å². The SMILES string of the molecule is C/C1=C(/c2ccccc2)N=C(c2ccccc2)N=C(c2cccc(-n3c4cccc5c4c4c6c(c(-c7ccccc7)oc6c6ccccc6c43)-c3ccccc3-5)c2)CC1. The molecule has 2 aliphatic rings. The van der Waals surface area contributed by atoms with Gasteiger partial charge in [0.25, 0.3) is 0 Å². The van der Waals surface area contributed by atoms with Crippen LogP contribution in [0.3, 0.4) is 0 Å². The van der Waals surface area contributed by atoms with Gasteiger partial charge in [-0.05, 0) is 65.8 Å². The van der Waals surface area contributed by atoms with E-state index in [0.29, 0.717) is 0 Å². The van der Waals surface area contributed by atoms with Crippen molar-refractivity contribution in [1.29, 1.82) is 0 Å². The van der Waals surface area contributed by atoms with Crippen LogP contribution in [0.2, 0.25) is 0 Å². The molecule has 0 radical (unpaired) electrons. The number of fused-ring (bicyclic) bond motifs is 6. The molecule has 0 N–H and O–H groups in total. The molecule has 0 amide bonds. The first-order chi connectivity index (χ1) is 29.2. The van der Waals surface area contributed by atoms with Gasteiger partial charge in [0.1, 0.15) is 11.3 Å². The number of aliphatic imine (C=N–C) groups is 2. The fourth-order valence-electron chi connectivity index (χ4n) is 9.55. The third-order valence-corrected chi connectivity index (χ3v) is 12.2. The standard InChI is InChI=1S/C55H37N3O/c1-34-31-32-45(56-55(37-21-9-4-10-22-37)57-51(34)35-17-5-2-6-18-35)38-23-15-24-39(33-38)58-46-30-16-29-41-40-25-11-12-26-42(40)48-50-49(47(41)46)52(58)43-27-13-14-28-44(43)54(50)59-53(48)36-19-7-3-8-20-36/h2-30,33H,31-32H2,1H3/b51-34+,56-45?,57-55?. The Morgan fingerprint density at radius 1 is 0.492 bits per heavy atom. The Balaban J connectivity index is 1.14. The van der Waals surface area contributed by atoms with Crippen molar-refractivity contribution < 1.29 is 4.42 Å². The second-order valence-corrected chi connectivity index (χ2v) is 15.6. The van der Waals surface area contributed by atoms with Crippen molar-refractivity contribution in [3.8, 4) is 39.3 Å². The first-order valence-electron chi connectivity index (χ1n) is 20.4. The highest BCUT2D eigenvalue weighted by atomic mass is 16.3. The Morgan fingerprint density at radius 3 is 1.90 bits per heavy atom. The van der Waals surface area contributed by atoms with Gasteiger partial charge in [0.15, 0.2) is 5.84 Å². The highest BCUT2D eigenvalue weighted by Gasteiger charge is 2.31. The smallest absolute Gasteiger partial charge is 0.160 e. The molecule has 59 heavy (non-hydrogen) atoms. The Bertz CT molecular complexity index is 3420. The molecule has 1 aliphatic heterocycles. The van der Waals surface area contributed by atoms with Gasteiger partial charge in [0.05, 0.1) is 22.4 Å². The lowest BCUT2D eigenvalue weighted by Gasteiger charge is -2.17. The van der Waals surface area contributed by atoms with Crippen LogP contribution >= 0.6 is 0 Å². The minimum atomic E-state index is 0.723. The number of rotatable bonds is 5. The van der Waals surface area contributed by atoms with Crippen LogP contribution in [0.5, 0.6) is 0 Å². The number of hydrogen-bond donors (Lipinski definition) is 0. The molecule has 0 bridgehead atoms. The molecule has 0 unspecified atom stereocenters. The van der Waals surface area contributed by atoms with Gasteiger partial charge in [-0.3, -0.25) is 0 Å². The summed E-state index contributed by atoms with van der Waals surface area (Å²) in [6.45, 7) is 2.21. The summed E-state index contributed by atoms with van der Waals surface area (Å²) in [7, 11) is 0. The maximum absolute atomic E-state index is 7.12. The van der Waals surface area contributed by atoms with Crippen molar-refractivity contribution in [3.63, 3.8) is 0 Å². The molecule has 0 saturated carbocycles. The fraction of sp³-hybridized carbons (Fsp3) is 0.0545. The van der Waals surface area contributed by atoms with Crippen LogP contribution in [-0.2, 0) is 0 Å². The van der Waals surface area contributed by atoms with Crippen LogP contribution in [0.1, 0.15) is 36.5 Å². The molecule has 0 fully saturated rings. The maximum Gasteiger partial charge on any atom is 0.160 e. The number of nitrogens with zero attached hydrogens (tertiary/aromatic N) is 3. The summed E-state index contributed by atoms with van der Waals surface area (Å²) in [4.78, 5) is 10.7. The Hall–Kier alpha value is -7.56. The first-order valence-corrected chi connectivity index (χ1v) is 20.4. The Morgan fingerprint density at radius 2 is 1.12 bits per heavy atom. The van der Waals surface area contributed by atoms with E-state index in [0.717, 1.165) is 91.2 Å². The summed E-state index contributed by atoms with van der Waals surface area (Å²) < 4.78 is 9.61. The maximum atomic E-state index is 7.12. The second-order valence-electron chi connectivity index (χ2n) is 15.6. The molecule has 0 saturated heterocycles. The van der Waals surface area contributed by atoms with Crippen LogP contribution in [0.4, 0.5) is 0 Å². The van der Waals surface area contributed by atoms with Crippen molar-refractivity contribution in [1.82, 2.24) is 4.57 Å². The minimum absolute atomic E-state index is 0.723. The summed E-state index contributed by atoms with van der Waals surface area (Å²) in [5, 5.41) is 5.89. The molecule has 3 heterocycles. The zero-order valence-electron chi connectivity index (χ0n) is 32.5. The predicted octanol–water partition coefficient (Wildman–Crippen LogP) is 14.5. The molecule has 278 valence electrons. The average molecular weight is 756 g/mol. The number of amidine groups is 1. The van der Waals surface area contributed by atoms with Gasteiger partial charge in [0, 0.05) is 54.9 Å². The van der Waals surface area contributed by atoms with E-state index < -0.39 is 0 Å². The lowest BCUT2D eigenvalue weighted by Crippen LogP contribution is -2.11. The Kier molecular flexibility index (Phi) is 7.54. The number of hydrogen-bond acceptors (Lipinski definition) is 3. The van der Waals surface area contributed by atoms with Gasteiger partial charge in [-0.1, -0.05) is 164 Å². The highest BCUT2D eigenvalue weighted by molar-refractivity contribution is 6.38. The molecular weight excluding hydrogens is 719 g/mol. The summed E-state index contributed by atoms with van der Waals surface area (Å²) in [6, 6.07) is 64.8. The van der Waals surface area contributed by atoms with E-state index in [1.54, 1.807) is 0 Å². The molecule has 0 atom stereocenters. The summed E-state index contributed by atoms with van der Waals surface area (Å²) in [5.74, 6) is 1.63. The topological polar surface area (TPSA) is 42.8 Å². The number of furan rings is 1. The van der Waals surface area contributed by atoms with Crippen molar-refractivity contribution in [2.45, 2.75) is 19.8 Å². The quantitative estimate of drug-likeness (QED) is 0.172. The largest absolute Gasteiger partial charge is 0.455 e. The van der Waals surface area contributed by atoms with Gasteiger partial charge in [-0.2, -0.15) is 0 Å². The molecule has 8 aromatic carbocycles. The number of allylic oxidation sites excluding steroid dienone is 1. The number of aromatic nitrogens is 1. The molecule has 12 rings (SSSR count). The average Bonchev–Trinajstić information content (AvgIpc) is 3.83. The van der Waals surface area contributed by atoms with Gasteiger partial charge in [-0.15, -0.1) is 0 Å². The van der Waals surface area contributed by atoms with E-state index >= 15 is 0 Å². The normalized spacial score (nSPS) is 15.1. The van der Waals surface area contributed by atoms with Crippen LogP contribution < -0.4 is 0 Å². The van der Waals surface area contributed by atoms with Gasteiger partial charge < -0.3 is 8.98 Å². The van der Waals surface area contributed by atoms with Crippen molar-refractivity contribution in [2.75, 3.05) is 0 Å². The zero-order chi connectivity index (χ0) is 39.0. The molecule has 10 aromatic rings. The molecule has 0 spiro atoms. The first kappa shape index (κ1) is 33.6. The predicted molar refractivity (Wildman–Crippen MR) is 246 cm³/mol. The lowest BCUT2D eigenvalue weighted by molar-refractivity contribution is 0.636. The zero-order valence-corrected chi connectivity index (χ0v) is 32.5. The molecule has 4 heteroatoms. The van der Waals surface area contributed by atoms with Crippen LogP contribution in [0, 0.1) is 0 Å². The molecule has 4 nitrogen and oxygen atoms in total. The fourth-order valence-corrected chi connectivity index (χ4v) is 9.55. The van der Waals surface area contributed by atoms with E-state index in [1.165, 1.54) is 43.9 Å².